The molecular weight excluding hydrogens is 338 g/mol. The van der Waals surface area contributed by atoms with Crippen molar-refractivity contribution in [3.63, 3.8) is 0 Å². The van der Waals surface area contributed by atoms with Crippen molar-refractivity contribution in [1.82, 2.24) is 10.6 Å². The average molecular weight is 367 g/mol. The molecule has 2 aromatic rings. The van der Waals surface area contributed by atoms with E-state index in [1.54, 1.807) is 7.11 Å². The Labute approximate surface area is 161 Å². The van der Waals surface area contributed by atoms with E-state index in [1.807, 2.05) is 30.3 Å². The number of rotatable bonds is 7. The van der Waals surface area contributed by atoms with E-state index in [-0.39, 0.29) is 0 Å². The number of nitrogens with zero attached hydrogens (tertiary/aromatic N) is 1. The van der Waals surface area contributed by atoms with Crippen molar-refractivity contribution in [2.45, 2.75) is 25.7 Å². The van der Waals surface area contributed by atoms with Crippen LogP contribution in [0.15, 0.2) is 53.5 Å². The maximum absolute atomic E-state index is 5.75. The Bertz CT molecular complexity index is 761. The Morgan fingerprint density at radius 3 is 2.81 bits per heavy atom. The molecule has 1 aliphatic rings. The Morgan fingerprint density at radius 2 is 1.96 bits per heavy atom. The molecule has 0 bridgehead atoms. The second kappa shape index (κ2) is 9.86. The Balaban J connectivity index is 1.59. The molecule has 1 atom stereocenters. The largest absolute Gasteiger partial charge is 0.496 e. The highest BCUT2D eigenvalue weighted by Gasteiger charge is 2.20. The van der Waals surface area contributed by atoms with Gasteiger partial charge in [-0.15, -0.1) is 0 Å². The third kappa shape index (κ3) is 5.16. The van der Waals surface area contributed by atoms with Crippen molar-refractivity contribution in [3.8, 4) is 11.5 Å². The zero-order chi connectivity index (χ0) is 18.9. The van der Waals surface area contributed by atoms with Crippen molar-refractivity contribution >= 4 is 5.96 Å². The van der Waals surface area contributed by atoms with Gasteiger partial charge in [-0.2, -0.15) is 0 Å². The van der Waals surface area contributed by atoms with Crippen LogP contribution in [0.3, 0.4) is 0 Å². The summed E-state index contributed by atoms with van der Waals surface area (Å²) in [5, 5.41) is 6.77. The Morgan fingerprint density at radius 1 is 1.15 bits per heavy atom. The van der Waals surface area contributed by atoms with E-state index < -0.39 is 0 Å². The highest BCUT2D eigenvalue weighted by Crippen LogP contribution is 2.33. The number of benzene rings is 2. The van der Waals surface area contributed by atoms with E-state index in [4.69, 9.17) is 14.5 Å². The van der Waals surface area contributed by atoms with Crippen LogP contribution in [0.1, 0.15) is 30.4 Å². The summed E-state index contributed by atoms with van der Waals surface area (Å²) >= 11 is 0. The number of methoxy groups -OCH3 is 1. The van der Waals surface area contributed by atoms with Gasteiger partial charge in [0.2, 0.25) is 0 Å². The van der Waals surface area contributed by atoms with Crippen LogP contribution in [-0.2, 0) is 6.42 Å². The molecule has 0 saturated heterocycles. The van der Waals surface area contributed by atoms with Gasteiger partial charge in [-0.25, -0.2) is 0 Å². The van der Waals surface area contributed by atoms with Crippen LogP contribution in [0.2, 0.25) is 0 Å². The fourth-order valence-electron chi connectivity index (χ4n) is 3.37. The smallest absolute Gasteiger partial charge is 0.191 e. The molecule has 3 rings (SSSR count). The van der Waals surface area contributed by atoms with Crippen LogP contribution in [0.4, 0.5) is 0 Å². The Hall–Kier alpha value is -2.69. The van der Waals surface area contributed by atoms with Gasteiger partial charge in [0.05, 0.1) is 13.7 Å². The minimum absolute atomic E-state index is 0.402. The number of fused-ring (bicyclic) bond motifs is 1. The van der Waals surface area contributed by atoms with E-state index in [0.29, 0.717) is 5.92 Å². The van der Waals surface area contributed by atoms with Crippen molar-refractivity contribution in [1.29, 1.82) is 0 Å². The molecule has 1 unspecified atom stereocenters. The van der Waals surface area contributed by atoms with Crippen molar-refractivity contribution in [3.05, 3.63) is 59.7 Å². The average Bonchev–Trinajstić information content (AvgIpc) is 2.72. The summed E-state index contributed by atoms with van der Waals surface area (Å²) in [6.07, 6.45) is 1.88. The van der Waals surface area contributed by atoms with Gasteiger partial charge in [-0.3, -0.25) is 4.99 Å². The number of hydrogen-bond acceptors (Lipinski definition) is 3. The molecule has 2 N–H and O–H groups in total. The van der Waals surface area contributed by atoms with Crippen LogP contribution in [-0.4, -0.2) is 39.3 Å². The fourth-order valence-corrected chi connectivity index (χ4v) is 3.37. The number of aliphatic imine (C=N–C) groups is 1. The van der Waals surface area contributed by atoms with E-state index in [2.05, 4.69) is 35.8 Å². The summed E-state index contributed by atoms with van der Waals surface area (Å²) < 4.78 is 11.2. The maximum atomic E-state index is 5.75. The van der Waals surface area contributed by atoms with Gasteiger partial charge in [0, 0.05) is 25.6 Å². The standard InChI is InChI=1S/C22H29N3O2/c1-3-23-22(24-14-12-17-8-4-6-10-20(17)26-2)25-16-18-13-15-27-21-11-7-5-9-19(18)21/h4-11,18H,3,12-16H2,1-2H3,(H2,23,24,25). The number of ether oxygens (including phenoxy) is 2. The van der Waals surface area contributed by atoms with Gasteiger partial charge >= 0.3 is 0 Å². The number of guanidine groups is 1. The number of nitrogens with one attached hydrogen (secondary N) is 2. The van der Waals surface area contributed by atoms with Gasteiger partial charge in [0.25, 0.3) is 0 Å². The first-order valence-corrected chi connectivity index (χ1v) is 9.67. The predicted molar refractivity (Wildman–Crippen MR) is 110 cm³/mol. The van der Waals surface area contributed by atoms with E-state index in [1.165, 1.54) is 11.1 Å². The molecular formula is C22H29N3O2. The highest BCUT2D eigenvalue weighted by molar-refractivity contribution is 5.79. The van der Waals surface area contributed by atoms with E-state index in [9.17, 15) is 0 Å². The van der Waals surface area contributed by atoms with E-state index >= 15 is 0 Å². The molecule has 1 aliphatic heterocycles. The second-order valence-corrected chi connectivity index (χ2v) is 6.58. The fraction of sp³-hybridized carbons (Fsp3) is 0.409. The monoisotopic (exact) mass is 367 g/mol. The van der Waals surface area contributed by atoms with Crippen LogP contribution in [0.25, 0.3) is 0 Å². The lowest BCUT2D eigenvalue weighted by molar-refractivity contribution is 0.269. The summed E-state index contributed by atoms with van der Waals surface area (Å²) in [7, 11) is 1.71. The molecule has 5 heteroatoms. The van der Waals surface area contributed by atoms with Crippen LogP contribution in [0, 0.1) is 0 Å². The van der Waals surface area contributed by atoms with Crippen molar-refractivity contribution in [2.75, 3.05) is 33.4 Å². The summed E-state index contributed by atoms with van der Waals surface area (Å²) in [6, 6.07) is 16.4. The molecule has 0 fully saturated rings. The molecule has 5 nitrogen and oxygen atoms in total. The van der Waals surface area contributed by atoms with Crippen LogP contribution < -0.4 is 20.1 Å². The molecule has 144 valence electrons. The quantitative estimate of drug-likeness (QED) is 0.582. The normalized spacial score (nSPS) is 16.2. The molecule has 27 heavy (non-hydrogen) atoms. The molecule has 0 aromatic heterocycles. The van der Waals surface area contributed by atoms with Gasteiger partial charge in [0.15, 0.2) is 5.96 Å². The number of para-hydroxylation sites is 2. The predicted octanol–water partition coefficient (Wildman–Crippen LogP) is 3.36. The first-order chi connectivity index (χ1) is 13.3. The topological polar surface area (TPSA) is 54.9 Å². The first-order valence-electron chi connectivity index (χ1n) is 9.67. The molecule has 0 saturated carbocycles. The molecule has 0 amide bonds. The van der Waals surface area contributed by atoms with Gasteiger partial charge in [0.1, 0.15) is 11.5 Å². The van der Waals surface area contributed by atoms with Gasteiger partial charge in [-0.1, -0.05) is 36.4 Å². The van der Waals surface area contributed by atoms with Crippen LogP contribution in [0.5, 0.6) is 11.5 Å². The minimum Gasteiger partial charge on any atom is -0.496 e. The second-order valence-electron chi connectivity index (χ2n) is 6.58. The summed E-state index contributed by atoms with van der Waals surface area (Å²) in [4.78, 5) is 4.82. The zero-order valence-corrected chi connectivity index (χ0v) is 16.2. The zero-order valence-electron chi connectivity index (χ0n) is 16.2. The third-order valence-electron chi connectivity index (χ3n) is 4.78. The van der Waals surface area contributed by atoms with Crippen molar-refractivity contribution in [2.24, 2.45) is 4.99 Å². The molecule has 0 aliphatic carbocycles. The Kier molecular flexibility index (Phi) is 6.97. The summed E-state index contributed by atoms with van der Waals surface area (Å²) in [6.45, 7) is 5.24. The maximum Gasteiger partial charge on any atom is 0.191 e. The molecule has 2 aromatic carbocycles. The van der Waals surface area contributed by atoms with Gasteiger partial charge in [-0.05, 0) is 43.0 Å². The molecule has 1 heterocycles. The first kappa shape index (κ1) is 19.1. The lowest BCUT2D eigenvalue weighted by Gasteiger charge is -2.25. The van der Waals surface area contributed by atoms with E-state index in [0.717, 1.165) is 56.5 Å². The lowest BCUT2D eigenvalue weighted by atomic mass is 9.93. The van der Waals surface area contributed by atoms with Crippen molar-refractivity contribution < 1.29 is 9.47 Å². The highest BCUT2D eigenvalue weighted by atomic mass is 16.5. The van der Waals surface area contributed by atoms with Gasteiger partial charge < -0.3 is 20.1 Å². The SMILES string of the molecule is CCNC(=NCC1CCOc2ccccc21)NCCc1ccccc1OC. The third-order valence-corrected chi connectivity index (χ3v) is 4.78. The molecule has 0 spiro atoms. The minimum atomic E-state index is 0.402. The summed E-state index contributed by atoms with van der Waals surface area (Å²) in [5.74, 6) is 3.19. The van der Waals surface area contributed by atoms with Crippen LogP contribution >= 0.6 is 0 Å². The lowest BCUT2D eigenvalue weighted by Crippen LogP contribution is -2.38. The molecule has 0 radical (unpaired) electrons. The summed E-state index contributed by atoms with van der Waals surface area (Å²) in [5.41, 5.74) is 2.46. The number of hydrogen-bond donors (Lipinski definition) is 2.